The average Bonchev–Trinajstić information content (AvgIpc) is 2.23. The first-order valence-electron chi connectivity index (χ1n) is 7.24. The molecule has 15 heavy (non-hydrogen) atoms. The van der Waals surface area contributed by atoms with E-state index in [1.54, 1.807) is 0 Å². The van der Waals surface area contributed by atoms with Gasteiger partial charge in [-0.2, -0.15) is 0 Å². The predicted octanol–water partition coefficient (Wildman–Crippen LogP) is 5.81. The lowest BCUT2D eigenvalue weighted by Gasteiger charge is -2.18. The van der Waals surface area contributed by atoms with E-state index >= 15 is 0 Å². The molecule has 0 fully saturated rings. The van der Waals surface area contributed by atoms with Gasteiger partial charge in [-0.1, -0.05) is 85.5 Å². The molecule has 0 aromatic carbocycles. The van der Waals surface area contributed by atoms with Gasteiger partial charge < -0.3 is 0 Å². The van der Waals surface area contributed by atoms with E-state index in [2.05, 4.69) is 27.7 Å². The summed E-state index contributed by atoms with van der Waals surface area (Å²) in [6.07, 6.45) is 12.8. The van der Waals surface area contributed by atoms with Gasteiger partial charge in [-0.15, -0.1) is 0 Å². The Kier molecular flexibility index (Phi) is 10.5. The molecule has 0 saturated carbocycles. The molecule has 0 aliphatic carbocycles. The van der Waals surface area contributed by atoms with Gasteiger partial charge in [-0.3, -0.25) is 0 Å². The van der Waals surface area contributed by atoms with Crippen LogP contribution in [0.3, 0.4) is 0 Å². The minimum absolute atomic E-state index is 0.959. The van der Waals surface area contributed by atoms with Crippen molar-refractivity contribution < 1.29 is 0 Å². The second-order valence-electron chi connectivity index (χ2n) is 5.27. The molecule has 0 nitrogen and oxygen atoms in total. The SMILES string of the molecule is CCCCC(C)CCC(CCC)CCC. The minimum atomic E-state index is 0.959. The first-order valence-corrected chi connectivity index (χ1v) is 7.24. The summed E-state index contributed by atoms with van der Waals surface area (Å²) < 4.78 is 0. The third-order valence-corrected chi connectivity index (χ3v) is 3.51. The van der Waals surface area contributed by atoms with Gasteiger partial charge in [-0.05, 0) is 11.8 Å². The van der Waals surface area contributed by atoms with Gasteiger partial charge in [0.25, 0.3) is 0 Å². The van der Waals surface area contributed by atoms with Gasteiger partial charge in [0.15, 0.2) is 0 Å². The van der Waals surface area contributed by atoms with Crippen molar-refractivity contribution in [1.29, 1.82) is 0 Å². The van der Waals surface area contributed by atoms with Crippen LogP contribution in [0, 0.1) is 11.8 Å². The molecule has 0 aliphatic heterocycles. The van der Waals surface area contributed by atoms with E-state index in [1.807, 2.05) is 0 Å². The highest BCUT2D eigenvalue weighted by atomic mass is 14.1. The molecule has 0 aliphatic rings. The van der Waals surface area contributed by atoms with Crippen molar-refractivity contribution in [3.8, 4) is 0 Å². The van der Waals surface area contributed by atoms with E-state index in [9.17, 15) is 0 Å². The molecule has 1 unspecified atom stereocenters. The van der Waals surface area contributed by atoms with Crippen LogP contribution in [0.2, 0.25) is 0 Å². The minimum Gasteiger partial charge on any atom is -0.0654 e. The Morgan fingerprint density at radius 2 is 1.27 bits per heavy atom. The highest BCUT2D eigenvalue weighted by Gasteiger charge is 2.09. The van der Waals surface area contributed by atoms with E-state index in [0.29, 0.717) is 0 Å². The van der Waals surface area contributed by atoms with Crippen molar-refractivity contribution >= 4 is 0 Å². The van der Waals surface area contributed by atoms with Crippen molar-refractivity contribution in [2.24, 2.45) is 11.8 Å². The standard InChI is InChI=1S/C15H32/c1-5-8-11-14(4)12-13-15(9-6-2)10-7-3/h14-15H,5-13H2,1-4H3. The van der Waals surface area contributed by atoms with Crippen LogP contribution in [0.4, 0.5) is 0 Å². The number of unbranched alkanes of at least 4 members (excludes halogenated alkanes) is 1. The predicted molar refractivity (Wildman–Crippen MR) is 71.2 cm³/mol. The van der Waals surface area contributed by atoms with Crippen LogP contribution in [-0.2, 0) is 0 Å². The van der Waals surface area contributed by atoms with Gasteiger partial charge in [-0.25, -0.2) is 0 Å². The van der Waals surface area contributed by atoms with Crippen LogP contribution in [0.15, 0.2) is 0 Å². The third-order valence-electron chi connectivity index (χ3n) is 3.51. The van der Waals surface area contributed by atoms with Gasteiger partial charge >= 0.3 is 0 Å². The van der Waals surface area contributed by atoms with Crippen molar-refractivity contribution in [3.63, 3.8) is 0 Å². The van der Waals surface area contributed by atoms with Crippen molar-refractivity contribution in [2.45, 2.75) is 85.5 Å². The number of hydrogen-bond donors (Lipinski definition) is 0. The van der Waals surface area contributed by atoms with Gasteiger partial charge in [0.2, 0.25) is 0 Å². The van der Waals surface area contributed by atoms with Crippen LogP contribution >= 0.6 is 0 Å². The van der Waals surface area contributed by atoms with Crippen molar-refractivity contribution in [3.05, 3.63) is 0 Å². The molecule has 1 atom stereocenters. The summed E-state index contributed by atoms with van der Waals surface area (Å²) in [5, 5.41) is 0. The van der Waals surface area contributed by atoms with E-state index in [-0.39, 0.29) is 0 Å². The zero-order chi connectivity index (χ0) is 11.5. The van der Waals surface area contributed by atoms with E-state index in [0.717, 1.165) is 11.8 Å². The molecule has 0 rings (SSSR count). The molecular formula is C15H32. The fourth-order valence-corrected chi connectivity index (χ4v) is 2.47. The summed E-state index contributed by atoms with van der Waals surface area (Å²) in [6.45, 7) is 9.38. The van der Waals surface area contributed by atoms with E-state index < -0.39 is 0 Å². The first kappa shape index (κ1) is 15.0. The number of rotatable bonds is 10. The summed E-state index contributed by atoms with van der Waals surface area (Å²) in [6, 6.07) is 0. The Morgan fingerprint density at radius 1 is 0.667 bits per heavy atom. The molecule has 0 bridgehead atoms. The lowest BCUT2D eigenvalue weighted by molar-refractivity contribution is 0.352. The second-order valence-corrected chi connectivity index (χ2v) is 5.27. The fourth-order valence-electron chi connectivity index (χ4n) is 2.47. The monoisotopic (exact) mass is 212 g/mol. The van der Waals surface area contributed by atoms with Crippen molar-refractivity contribution in [2.75, 3.05) is 0 Å². The normalized spacial score (nSPS) is 13.4. The van der Waals surface area contributed by atoms with Gasteiger partial charge in [0.05, 0.1) is 0 Å². The Morgan fingerprint density at radius 3 is 1.73 bits per heavy atom. The highest BCUT2D eigenvalue weighted by molar-refractivity contribution is 4.62. The molecule has 0 N–H and O–H groups in total. The summed E-state index contributed by atoms with van der Waals surface area (Å²) in [5.74, 6) is 1.98. The molecule has 0 aromatic rings. The zero-order valence-corrected chi connectivity index (χ0v) is 11.5. The zero-order valence-electron chi connectivity index (χ0n) is 11.5. The lowest BCUT2D eigenvalue weighted by atomic mass is 9.88. The molecule has 0 heteroatoms. The summed E-state index contributed by atoms with van der Waals surface area (Å²) in [5.41, 5.74) is 0. The van der Waals surface area contributed by atoms with E-state index in [4.69, 9.17) is 0 Å². The number of hydrogen-bond acceptors (Lipinski definition) is 0. The van der Waals surface area contributed by atoms with Crippen LogP contribution in [0.1, 0.15) is 85.5 Å². The second kappa shape index (κ2) is 10.5. The van der Waals surface area contributed by atoms with Crippen LogP contribution in [0.25, 0.3) is 0 Å². The van der Waals surface area contributed by atoms with Crippen LogP contribution < -0.4 is 0 Å². The van der Waals surface area contributed by atoms with Gasteiger partial charge in [0, 0.05) is 0 Å². The lowest BCUT2D eigenvalue weighted by Crippen LogP contribution is -2.03. The molecule has 0 heterocycles. The molecule has 0 spiro atoms. The Hall–Kier alpha value is 0. The van der Waals surface area contributed by atoms with Crippen LogP contribution in [0.5, 0.6) is 0 Å². The van der Waals surface area contributed by atoms with E-state index in [1.165, 1.54) is 57.8 Å². The largest absolute Gasteiger partial charge is 0.0654 e. The fraction of sp³-hybridized carbons (Fsp3) is 1.00. The quantitative estimate of drug-likeness (QED) is 0.429. The topological polar surface area (TPSA) is 0 Å². The van der Waals surface area contributed by atoms with Crippen LogP contribution in [-0.4, -0.2) is 0 Å². The molecule has 0 aromatic heterocycles. The smallest absolute Gasteiger partial charge is 0.0414 e. The summed E-state index contributed by atoms with van der Waals surface area (Å²) in [4.78, 5) is 0. The Bertz CT molecular complexity index is 111. The Balaban J connectivity index is 3.57. The maximum Gasteiger partial charge on any atom is -0.0414 e. The maximum absolute atomic E-state index is 2.44. The van der Waals surface area contributed by atoms with Gasteiger partial charge in [0.1, 0.15) is 0 Å². The van der Waals surface area contributed by atoms with Crippen molar-refractivity contribution in [1.82, 2.24) is 0 Å². The molecule has 0 saturated heterocycles. The molecule has 0 amide bonds. The highest BCUT2D eigenvalue weighted by Crippen LogP contribution is 2.23. The summed E-state index contributed by atoms with van der Waals surface area (Å²) >= 11 is 0. The third kappa shape index (κ3) is 8.96. The average molecular weight is 212 g/mol. The summed E-state index contributed by atoms with van der Waals surface area (Å²) in [7, 11) is 0. The Labute approximate surface area is 97.8 Å². The molecular weight excluding hydrogens is 180 g/mol. The first-order chi connectivity index (χ1) is 7.24. The maximum atomic E-state index is 2.44. The molecule has 92 valence electrons. The molecule has 0 radical (unpaired) electrons.